The molecule has 0 heterocycles. The molecule has 0 saturated carbocycles. The van der Waals surface area contributed by atoms with Crippen molar-refractivity contribution in [2.45, 2.75) is 32.0 Å². The number of aromatic hydroxyl groups is 2. The van der Waals surface area contributed by atoms with Crippen LogP contribution in [0.5, 0.6) is 11.5 Å². The van der Waals surface area contributed by atoms with Crippen molar-refractivity contribution >= 4 is 21.8 Å². The Morgan fingerprint density at radius 1 is 1.32 bits per heavy atom. The second kappa shape index (κ2) is 6.28. The summed E-state index contributed by atoms with van der Waals surface area (Å²) < 4.78 is 0. The molecule has 3 N–H and O–H groups in total. The van der Waals surface area contributed by atoms with Gasteiger partial charge in [-0.3, -0.25) is 4.79 Å². The lowest BCUT2D eigenvalue weighted by molar-refractivity contribution is 0.0947. The monoisotopic (exact) mass is 329 g/mol. The van der Waals surface area contributed by atoms with Crippen molar-refractivity contribution < 1.29 is 15.0 Å². The van der Waals surface area contributed by atoms with Crippen molar-refractivity contribution in [2.75, 3.05) is 6.54 Å². The number of phenols is 2. The maximum atomic E-state index is 11.9. The average Bonchev–Trinajstić information content (AvgIpc) is 2.23. The van der Waals surface area contributed by atoms with Gasteiger partial charge >= 0.3 is 0 Å². The maximum Gasteiger partial charge on any atom is 0.258 e. The van der Waals surface area contributed by atoms with Gasteiger partial charge in [0.1, 0.15) is 17.1 Å². The van der Waals surface area contributed by atoms with Gasteiger partial charge in [-0.05, 0) is 24.0 Å². The fourth-order valence-electron chi connectivity index (χ4n) is 1.79. The maximum absolute atomic E-state index is 11.9. The summed E-state index contributed by atoms with van der Waals surface area (Å²) in [5, 5.41) is 21.9. The molecule has 0 aromatic heterocycles. The van der Waals surface area contributed by atoms with Gasteiger partial charge in [0.25, 0.3) is 5.91 Å². The van der Waals surface area contributed by atoms with E-state index in [9.17, 15) is 15.0 Å². The summed E-state index contributed by atoms with van der Waals surface area (Å²) in [4.78, 5) is 12.0. The third-order valence-electron chi connectivity index (χ3n) is 2.57. The lowest BCUT2D eigenvalue weighted by atomic mass is 9.90. The van der Waals surface area contributed by atoms with Crippen LogP contribution in [0.2, 0.25) is 0 Å². The molecule has 0 aliphatic carbocycles. The molecule has 106 valence electrons. The Balaban J connectivity index is 2.61. The second-order valence-electron chi connectivity index (χ2n) is 5.74. The van der Waals surface area contributed by atoms with Crippen LogP contribution in [-0.2, 0) is 0 Å². The molecule has 0 spiro atoms. The number of phenolic OH excluding ortho intramolecular Hbond substituents is 2. The molecule has 0 radical (unpaired) electrons. The first-order valence-corrected chi connectivity index (χ1v) is 7.05. The number of amides is 1. The first-order chi connectivity index (χ1) is 8.70. The molecule has 1 amide bonds. The molecule has 0 fully saturated rings. The number of rotatable bonds is 4. The van der Waals surface area contributed by atoms with Crippen molar-refractivity contribution in [1.82, 2.24) is 5.32 Å². The van der Waals surface area contributed by atoms with Gasteiger partial charge in [0.15, 0.2) is 0 Å². The molecule has 5 heteroatoms. The van der Waals surface area contributed by atoms with Gasteiger partial charge in [0, 0.05) is 11.4 Å². The minimum absolute atomic E-state index is 0.0852. The number of carbonyl (C=O) groups is 1. The van der Waals surface area contributed by atoms with Gasteiger partial charge in [-0.15, -0.1) is 0 Å². The van der Waals surface area contributed by atoms with Gasteiger partial charge in [0.05, 0.1) is 0 Å². The lowest BCUT2D eigenvalue weighted by Crippen LogP contribution is -2.31. The third kappa shape index (κ3) is 5.11. The van der Waals surface area contributed by atoms with E-state index in [1.54, 1.807) is 0 Å². The zero-order valence-electron chi connectivity index (χ0n) is 11.4. The lowest BCUT2D eigenvalue weighted by Gasteiger charge is -2.22. The van der Waals surface area contributed by atoms with Crippen LogP contribution < -0.4 is 5.32 Å². The normalized spacial score (nSPS) is 13.1. The zero-order valence-corrected chi connectivity index (χ0v) is 13.0. The van der Waals surface area contributed by atoms with Gasteiger partial charge in [-0.2, -0.15) is 0 Å². The fraction of sp³-hybridized carbons (Fsp3) is 0.500. The van der Waals surface area contributed by atoms with E-state index in [1.165, 1.54) is 18.2 Å². The summed E-state index contributed by atoms with van der Waals surface area (Å²) in [6.45, 7) is 6.80. The zero-order chi connectivity index (χ0) is 14.6. The SMILES string of the molecule is CC(C)(C)CC(Br)CNC(=O)c1c(O)cccc1O. The average molecular weight is 330 g/mol. The van der Waals surface area contributed by atoms with E-state index in [1.807, 2.05) is 0 Å². The van der Waals surface area contributed by atoms with Crippen LogP contribution in [0.3, 0.4) is 0 Å². The van der Waals surface area contributed by atoms with Crippen LogP contribution in [0.25, 0.3) is 0 Å². The number of hydrogen-bond acceptors (Lipinski definition) is 3. The van der Waals surface area contributed by atoms with E-state index in [-0.39, 0.29) is 27.3 Å². The van der Waals surface area contributed by atoms with E-state index in [4.69, 9.17) is 0 Å². The highest BCUT2D eigenvalue weighted by molar-refractivity contribution is 9.09. The Morgan fingerprint density at radius 3 is 2.32 bits per heavy atom. The summed E-state index contributed by atoms with van der Waals surface area (Å²) in [6.07, 6.45) is 0.903. The summed E-state index contributed by atoms with van der Waals surface area (Å²) in [7, 11) is 0. The van der Waals surface area contributed by atoms with E-state index < -0.39 is 5.91 Å². The first-order valence-electron chi connectivity index (χ1n) is 6.14. The van der Waals surface area contributed by atoms with E-state index >= 15 is 0 Å². The Kier molecular flexibility index (Phi) is 5.23. The van der Waals surface area contributed by atoms with Crippen molar-refractivity contribution in [2.24, 2.45) is 5.41 Å². The molecular weight excluding hydrogens is 310 g/mol. The minimum Gasteiger partial charge on any atom is -0.507 e. The number of halogens is 1. The molecule has 1 atom stereocenters. The van der Waals surface area contributed by atoms with Crippen LogP contribution in [0, 0.1) is 5.41 Å². The largest absolute Gasteiger partial charge is 0.507 e. The molecule has 4 nitrogen and oxygen atoms in total. The van der Waals surface area contributed by atoms with E-state index in [0.29, 0.717) is 6.54 Å². The number of benzene rings is 1. The van der Waals surface area contributed by atoms with Crippen molar-refractivity contribution in [3.63, 3.8) is 0 Å². The van der Waals surface area contributed by atoms with Crippen LogP contribution in [0.4, 0.5) is 0 Å². The summed E-state index contributed by atoms with van der Waals surface area (Å²) in [5.41, 5.74) is 0.0774. The number of hydrogen-bond donors (Lipinski definition) is 3. The molecule has 0 bridgehead atoms. The number of nitrogens with one attached hydrogen (secondary N) is 1. The van der Waals surface area contributed by atoms with Gasteiger partial charge in [-0.25, -0.2) is 0 Å². The second-order valence-corrected chi connectivity index (χ2v) is 7.04. The Bertz CT molecular complexity index is 434. The minimum atomic E-state index is -0.478. The predicted octanol–water partition coefficient (Wildman–Crippen LogP) is 3.03. The molecule has 0 aliphatic rings. The quantitative estimate of drug-likeness (QED) is 0.743. The smallest absolute Gasteiger partial charge is 0.258 e. The number of alkyl halides is 1. The van der Waals surface area contributed by atoms with E-state index in [2.05, 4.69) is 42.0 Å². The predicted molar refractivity (Wildman–Crippen MR) is 78.9 cm³/mol. The first kappa shape index (κ1) is 15.8. The number of carbonyl (C=O) groups excluding carboxylic acids is 1. The van der Waals surface area contributed by atoms with E-state index in [0.717, 1.165) is 6.42 Å². The van der Waals surface area contributed by atoms with Crippen molar-refractivity contribution in [1.29, 1.82) is 0 Å². The standard InChI is InChI=1S/C14H20BrNO3/c1-14(2,3)7-9(15)8-16-13(19)12-10(17)5-4-6-11(12)18/h4-6,9,17-18H,7-8H2,1-3H3,(H,16,19). The molecule has 19 heavy (non-hydrogen) atoms. The van der Waals surface area contributed by atoms with Gasteiger partial charge < -0.3 is 15.5 Å². The summed E-state index contributed by atoms with van der Waals surface area (Å²) >= 11 is 3.51. The fourth-order valence-corrected chi connectivity index (χ4v) is 2.92. The Morgan fingerprint density at radius 2 is 1.84 bits per heavy atom. The van der Waals surface area contributed by atoms with Gasteiger partial charge in [0.2, 0.25) is 0 Å². The van der Waals surface area contributed by atoms with Crippen LogP contribution in [-0.4, -0.2) is 27.5 Å². The van der Waals surface area contributed by atoms with Gasteiger partial charge in [-0.1, -0.05) is 42.8 Å². The molecule has 1 rings (SSSR count). The molecule has 0 aliphatic heterocycles. The van der Waals surface area contributed by atoms with Crippen molar-refractivity contribution in [3.8, 4) is 11.5 Å². The highest BCUT2D eigenvalue weighted by Gasteiger charge is 2.19. The summed E-state index contributed by atoms with van der Waals surface area (Å²) in [6, 6.07) is 4.22. The van der Waals surface area contributed by atoms with Crippen LogP contribution in [0.1, 0.15) is 37.6 Å². The molecule has 1 aromatic carbocycles. The highest BCUT2D eigenvalue weighted by atomic mass is 79.9. The highest BCUT2D eigenvalue weighted by Crippen LogP contribution is 2.27. The van der Waals surface area contributed by atoms with Crippen LogP contribution >= 0.6 is 15.9 Å². The Labute approximate surface area is 122 Å². The topological polar surface area (TPSA) is 69.6 Å². The van der Waals surface area contributed by atoms with Crippen LogP contribution in [0.15, 0.2) is 18.2 Å². The Hall–Kier alpha value is -1.23. The van der Waals surface area contributed by atoms with Crippen molar-refractivity contribution in [3.05, 3.63) is 23.8 Å². The molecule has 1 unspecified atom stereocenters. The molecular formula is C14H20BrNO3. The third-order valence-corrected chi connectivity index (χ3v) is 3.21. The molecule has 1 aromatic rings. The molecule has 0 saturated heterocycles. The summed E-state index contributed by atoms with van der Waals surface area (Å²) in [5.74, 6) is -0.923.